The van der Waals surface area contributed by atoms with E-state index in [0.717, 1.165) is 66.8 Å². The quantitative estimate of drug-likeness (QED) is 0.346. The van der Waals surface area contributed by atoms with E-state index in [1.165, 1.54) is 0 Å². The van der Waals surface area contributed by atoms with Crippen LogP contribution in [0.2, 0.25) is 5.02 Å². The summed E-state index contributed by atoms with van der Waals surface area (Å²) in [7, 11) is 0. The summed E-state index contributed by atoms with van der Waals surface area (Å²) in [4.78, 5) is 24.6. The monoisotopic (exact) mass is 544 g/mol. The summed E-state index contributed by atoms with van der Waals surface area (Å²) < 4.78 is 33.7. The Hall–Kier alpha value is -3.11. The first kappa shape index (κ1) is 26.5. The van der Waals surface area contributed by atoms with E-state index in [4.69, 9.17) is 21.3 Å². The first-order valence-electron chi connectivity index (χ1n) is 12.9. The zero-order chi connectivity index (χ0) is 26.7. The molecule has 1 saturated carbocycles. The number of rotatable bonds is 9. The standard InChI is InChI=1S/C27H31ClF2N6O2/c1-16-2-5-18-6-9-22(36-24(18)23(16)28)34-20-7-3-17(4-8-20)10-11-31-26-32-12-19(13-33-26)27(29,30)25(37)35-21-14-38-15-21/h2,5-6,9,12-13,17,20-21H,3-4,7-8,10-11,14-15H2,1H3,(H,34,36)(H,35,37)(H,31,32,33)/t17-,20-. The second kappa shape index (κ2) is 11.3. The van der Waals surface area contributed by atoms with Crippen molar-refractivity contribution < 1.29 is 18.3 Å². The SMILES string of the molecule is Cc1ccc2ccc(N[C@H]3CC[C@H](CCNc4ncc(C(F)(F)C(=O)NC5COC5)cn4)CC3)nc2c1Cl. The first-order valence-corrected chi connectivity index (χ1v) is 13.3. The lowest BCUT2D eigenvalue weighted by molar-refractivity contribution is -0.151. The third kappa shape index (κ3) is 5.96. The number of hydrogen-bond acceptors (Lipinski definition) is 7. The van der Waals surface area contributed by atoms with Crippen LogP contribution in [0.3, 0.4) is 0 Å². The maximum Gasteiger partial charge on any atom is 0.352 e. The van der Waals surface area contributed by atoms with Crippen LogP contribution in [0.4, 0.5) is 20.5 Å². The van der Waals surface area contributed by atoms with Gasteiger partial charge in [-0.25, -0.2) is 15.0 Å². The minimum absolute atomic E-state index is 0.246. The van der Waals surface area contributed by atoms with Crippen LogP contribution in [0.5, 0.6) is 0 Å². The Labute approximate surface area is 224 Å². The van der Waals surface area contributed by atoms with Gasteiger partial charge in [-0.05, 0) is 62.6 Å². The zero-order valence-electron chi connectivity index (χ0n) is 21.1. The maximum absolute atomic E-state index is 14.4. The predicted molar refractivity (Wildman–Crippen MR) is 143 cm³/mol. The highest BCUT2D eigenvalue weighted by atomic mass is 35.5. The number of halogens is 3. The van der Waals surface area contributed by atoms with Crippen LogP contribution in [0.1, 0.15) is 43.2 Å². The van der Waals surface area contributed by atoms with Gasteiger partial charge < -0.3 is 20.7 Å². The number of aromatic nitrogens is 3. The lowest BCUT2D eigenvalue weighted by atomic mass is 9.84. The molecule has 1 aromatic carbocycles. The molecule has 202 valence electrons. The van der Waals surface area contributed by atoms with E-state index >= 15 is 0 Å². The van der Waals surface area contributed by atoms with Crippen LogP contribution < -0.4 is 16.0 Å². The molecular weight excluding hydrogens is 514 g/mol. The topological polar surface area (TPSA) is 101 Å². The van der Waals surface area contributed by atoms with Gasteiger partial charge in [0.1, 0.15) is 5.82 Å². The molecule has 0 spiro atoms. The Balaban J connectivity index is 1.05. The number of amides is 1. The molecule has 0 atom stereocenters. The molecular formula is C27H31ClF2N6O2. The molecule has 1 aliphatic carbocycles. The highest BCUT2D eigenvalue weighted by molar-refractivity contribution is 6.35. The van der Waals surface area contributed by atoms with Gasteiger partial charge in [0.15, 0.2) is 0 Å². The van der Waals surface area contributed by atoms with Gasteiger partial charge in [0.25, 0.3) is 5.91 Å². The van der Waals surface area contributed by atoms with Gasteiger partial charge in [-0.2, -0.15) is 8.78 Å². The van der Waals surface area contributed by atoms with Crippen molar-refractivity contribution in [2.24, 2.45) is 5.92 Å². The third-order valence-electron chi connectivity index (χ3n) is 7.30. The Morgan fingerprint density at radius 2 is 1.79 bits per heavy atom. The number of fused-ring (bicyclic) bond motifs is 1. The smallest absolute Gasteiger partial charge is 0.352 e. The van der Waals surface area contributed by atoms with E-state index in [9.17, 15) is 13.6 Å². The summed E-state index contributed by atoms with van der Waals surface area (Å²) in [6.07, 6.45) is 7.18. The van der Waals surface area contributed by atoms with Gasteiger partial charge in [0, 0.05) is 30.4 Å². The van der Waals surface area contributed by atoms with E-state index < -0.39 is 17.4 Å². The van der Waals surface area contributed by atoms with Crippen molar-refractivity contribution in [1.29, 1.82) is 0 Å². The second-order valence-electron chi connectivity index (χ2n) is 10.1. The number of carbonyl (C=O) groups is 1. The number of benzene rings is 1. The summed E-state index contributed by atoms with van der Waals surface area (Å²) in [5.41, 5.74) is 1.30. The molecule has 3 heterocycles. The number of carbonyl (C=O) groups excluding carboxylic acids is 1. The van der Waals surface area contributed by atoms with Gasteiger partial charge in [0.2, 0.25) is 5.95 Å². The number of alkyl halides is 2. The zero-order valence-corrected chi connectivity index (χ0v) is 21.9. The van der Waals surface area contributed by atoms with Crippen molar-refractivity contribution in [1.82, 2.24) is 20.3 Å². The molecule has 5 rings (SSSR count). The molecule has 2 aliphatic rings. The van der Waals surface area contributed by atoms with Crippen LogP contribution in [0.25, 0.3) is 10.9 Å². The molecule has 1 amide bonds. The molecule has 1 saturated heterocycles. The molecule has 0 radical (unpaired) electrons. The summed E-state index contributed by atoms with van der Waals surface area (Å²) in [5.74, 6) is -3.39. The Kier molecular flexibility index (Phi) is 7.90. The largest absolute Gasteiger partial charge is 0.377 e. The van der Waals surface area contributed by atoms with Crippen molar-refractivity contribution in [3.05, 3.63) is 52.8 Å². The number of nitrogens with one attached hydrogen (secondary N) is 3. The van der Waals surface area contributed by atoms with Gasteiger partial charge in [-0.3, -0.25) is 4.79 Å². The third-order valence-corrected chi connectivity index (χ3v) is 7.78. The predicted octanol–water partition coefficient (Wildman–Crippen LogP) is 5.07. The minimum Gasteiger partial charge on any atom is -0.377 e. The van der Waals surface area contributed by atoms with Crippen LogP contribution >= 0.6 is 11.6 Å². The second-order valence-corrected chi connectivity index (χ2v) is 10.5. The van der Waals surface area contributed by atoms with E-state index in [1.807, 2.05) is 31.2 Å². The molecule has 11 heteroatoms. The molecule has 38 heavy (non-hydrogen) atoms. The number of anilines is 2. The van der Waals surface area contributed by atoms with Crippen LogP contribution in [-0.4, -0.2) is 52.7 Å². The Bertz CT molecular complexity index is 1280. The van der Waals surface area contributed by atoms with E-state index in [-0.39, 0.29) is 25.2 Å². The van der Waals surface area contributed by atoms with Crippen molar-refractivity contribution in [3.63, 3.8) is 0 Å². The minimum atomic E-state index is -3.70. The fourth-order valence-corrected chi connectivity index (χ4v) is 5.05. The van der Waals surface area contributed by atoms with Gasteiger partial charge in [0.05, 0.1) is 35.4 Å². The molecule has 0 unspecified atom stereocenters. The van der Waals surface area contributed by atoms with Crippen LogP contribution in [0, 0.1) is 12.8 Å². The summed E-state index contributed by atoms with van der Waals surface area (Å²) >= 11 is 6.46. The van der Waals surface area contributed by atoms with E-state index in [0.29, 0.717) is 23.5 Å². The number of ether oxygens (including phenoxy) is 1. The highest BCUT2D eigenvalue weighted by Gasteiger charge is 2.43. The lowest BCUT2D eigenvalue weighted by Gasteiger charge is -2.29. The maximum atomic E-state index is 14.4. The van der Waals surface area contributed by atoms with Crippen molar-refractivity contribution >= 4 is 40.2 Å². The molecule has 3 N–H and O–H groups in total. The number of nitrogens with zero attached hydrogens (tertiary/aromatic N) is 3. The summed E-state index contributed by atoms with van der Waals surface area (Å²) in [6, 6.07) is 8.07. The Morgan fingerprint density at radius 1 is 1.08 bits per heavy atom. The van der Waals surface area contributed by atoms with E-state index in [2.05, 4.69) is 25.9 Å². The Morgan fingerprint density at radius 3 is 2.47 bits per heavy atom. The molecule has 2 aromatic heterocycles. The van der Waals surface area contributed by atoms with E-state index in [1.54, 1.807) is 0 Å². The number of aryl methyl sites for hydroxylation is 1. The first-order chi connectivity index (χ1) is 18.3. The van der Waals surface area contributed by atoms with Gasteiger partial charge >= 0.3 is 5.92 Å². The average molecular weight is 545 g/mol. The number of hydrogen-bond donors (Lipinski definition) is 3. The lowest BCUT2D eigenvalue weighted by Crippen LogP contribution is -2.52. The molecule has 3 aromatic rings. The average Bonchev–Trinajstić information content (AvgIpc) is 2.90. The van der Waals surface area contributed by atoms with Crippen molar-refractivity contribution in [3.8, 4) is 0 Å². The molecule has 2 fully saturated rings. The summed E-state index contributed by atoms with van der Waals surface area (Å²) in [5, 5.41) is 10.7. The number of pyridine rings is 1. The fourth-order valence-electron chi connectivity index (χ4n) is 4.84. The van der Waals surface area contributed by atoms with Crippen LogP contribution in [0.15, 0.2) is 36.7 Å². The van der Waals surface area contributed by atoms with Crippen LogP contribution in [-0.2, 0) is 15.5 Å². The van der Waals surface area contributed by atoms with Gasteiger partial charge in [-0.15, -0.1) is 0 Å². The van der Waals surface area contributed by atoms with Crippen molar-refractivity contribution in [2.45, 2.75) is 57.0 Å². The van der Waals surface area contributed by atoms with Gasteiger partial charge in [-0.1, -0.05) is 23.7 Å². The fraction of sp³-hybridized carbons (Fsp3) is 0.481. The van der Waals surface area contributed by atoms with Crippen molar-refractivity contribution in [2.75, 3.05) is 30.4 Å². The highest BCUT2D eigenvalue weighted by Crippen LogP contribution is 2.31. The molecule has 0 bridgehead atoms. The molecule has 1 aliphatic heterocycles. The normalized spacial score (nSPS) is 20.1. The molecule has 8 nitrogen and oxygen atoms in total. The summed E-state index contributed by atoms with van der Waals surface area (Å²) in [6.45, 7) is 3.12.